The molecule has 0 aromatic heterocycles. The molecule has 0 aliphatic carbocycles. The van der Waals surface area contributed by atoms with E-state index in [1.807, 2.05) is 4.90 Å². The van der Waals surface area contributed by atoms with Gasteiger partial charge in [-0.3, -0.25) is 4.90 Å². The summed E-state index contributed by atoms with van der Waals surface area (Å²) >= 11 is 0. The molecule has 1 N–H and O–H groups in total. The topological polar surface area (TPSA) is 59.4 Å². The maximum absolute atomic E-state index is 11.9. The molecule has 0 radical (unpaired) electrons. The van der Waals surface area contributed by atoms with Crippen LogP contribution in [0.4, 0.5) is 4.79 Å². The van der Waals surface area contributed by atoms with Gasteiger partial charge in [0.1, 0.15) is 0 Å². The second kappa shape index (κ2) is 5.87. The van der Waals surface area contributed by atoms with Crippen molar-refractivity contribution in [3.8, 4) is 6.07 Å². The van der Waals surface area contributed by atoms with Gasteiger partial charge in [-0.15, -0.1) is 0 Å². The summed E-state index contributed by atoms with van der Waals surface area (Å²) in [6.45, 7) is 4.14. The second-order valence-corrected chi connectivity index (χ2v) is 4.85. The lowest BCUT2D eigenvalue weighted by atomic mass is 10.1. The Bertz CT molecular complexity index is 298. The van der Waals surface area contributed by atoms with E-state index in [0.717, 1.165) is 51.9 Å². The predicted molar refractivity (Wildman–Crippen MR) is 64.4 cm³/mol. The molecule has 0 aromatic carbocycles. The number of urea groups is 1. The molecule has 2 saturated heterocycles. The number of hydrogen-bond donors (Lipinski definition) is 1. The number of piperidine rings is 1. The van der Waals surface area contributed by atoms with Crippen LogP contribution in [0.15, 0.2) is 0 Å². The Kier molecular flexibility index (Phi) is 4.21. The summed E-state index contributed by atoms with van der Waals surface area (Å²) in [6.07, 6.45) is 4.19. The molecule has 0 saturated carbocycles. The first-order valence-electron chi connectivity index (χ1n) is 6.44. The van der Waals surface area contributed by atoms with Crippen LogP contribution in [0.1, 0.15) is 25.7 Å². The van der Waals surface area contributed by atoms with E-state index in [9.17, 15) is 4.79 Å². The average molecular weight is 236 g/mol. The van der Waals surface area contributed by atoms with E-state index in [1.54, 1.807) is 0 Å². The maximum Gasteiger partial charge on any atom is 0.317 e. The van der Waals surface area contributed by atoms with Gasteiger partial charge in [0.25, 0.3) is 0 Å². The summed E-state index contributed by atoms with van der Waals surface area (Å²) in [4.78, 5) is 15.9. The third-order valence-corrected chi connectivity index (χ3v) is 3.60. The van der Waals surface area contributed by atoms with Crippen molar-refractivity contribution in [3.05, 3.63) is 0 Å². The SMILES string of the molecule is N#CCN1CCC(NC(=O)N2CCCC2)CC1. The maximum atomic E-state index is 11.9. The van der Waals surface area contributed by atoms with Gasteiger partial charge in [0.05, 0.1) is 12.6 Å². The fraction of sp³-hybridized carbons (Fsp3) is 0.833. The van der Waals surface area contributed by atoms with Crippen molar-refractivity contribution in [2.45, 2.75) is 31.7 Å². The second-order valence-electron chi connectivity index (χ2n) is 4.85. The number of carbonyl (C=O) groups is 1. The van der Waals surface area contributed by atoms with Crippen LogP contribution in [-0.4, -0.2) is 54.6 Å². The number of carbonyl (C=O) groups excluding carboxylic acids is 1. The summed E-state index contributed by atoms with van der Waals surface area (Å²) in [6, 6.07) is 2.56. The largest absolute Gasteiger partial charge is 0.335 e. The van der Waals surface area contributed by atoms with Gasteiger partial charge >= 0.3 is 6.03 Å². The summed E-state index contributed by atoms with van der Waals surface area (Å²) < 4.78 is 0. The standard InChI is InChI=1S/C12H20N4O/c13-5-10-15-8-3-11(4-9-15)14-12(17)16-6-1-2-7-16/h11H,1-4,6-10H2,(H,14,17). The molecule has 5 heteroatoms. The first-order chi connectivity index (χ1) is 8.29. The fourth-order valence-corrected chi connectivity index (χ4v) is 2.52. The van der Waals surface area contributed by atoms with Crippen LogP contribution in [0.3, 0.4) is 0 Å². The fourth-order valence-electron chi connectivity index (χ4n) is 2.52. The monoisotopic (exact) mass is 236 g/mol. The molecule has 17 heavy (non-hydrogen) atoms. The number of nitriles is 1. The van der Waals surface area contributed by atoms with Gasteiger partial charge in [-0.2, -0.15) is 5.26 Å². The first kappa shape index (κ1) is 12.2. The molecule has 0 aromatic rings. The zero-order valence-corrected chi connectivity index (χ0v) is 10.2. The molecule has 2 amide bonds. The normalized spacial score (nSPS) is 22.4. The van der Waals surface area contributed by atoms with E-state index < -0.39 is 0 Å². The molecule has 5 nitrogen and oxygen atoms in total. The lowest BCUT2D eigenvalue weighted by molar-refractivity contribution is 0.185. The van der Waals surface area contributed by atoms with E-state index in [2.05, 4.69) is 16.3 Å². The van der Waals surface area contributed by atoms with Gasteiger partial charge in [-0.25, -0.2) is 4.79 Å². The Hall–Kier alpha value is -1.28. The summed E-state index contributed by atoms with van der Waals surface area (Å²) in [5, 5.41) is 11.7. The number of nitrogens with zero attached hydrogens (tertiary/aromatic N) is 3. The highest BCUT2D eigenvalue weighted by atomic mass is 16.2. The molecule has 0 spiro atoms. The van der Waals surface area contributed by atoms with Crippen molar-refractivity contribution in [3.63, 3.8) is 0 Å². The number of likely N-dealkylation sites (tertiary alicyclic amines) is 2. The highest BCUT2D eigenvalue weighted by Crippen LogP contribution is 2.12. The lowest BCUT2D eigenvalue weighted by Gasteiger charge is -2.31. The molecule has 2 rings (SSSR count). The highest BCUT2D eigenvalue weighted by Gasteiger charge is 2.23. The molecule has 0 atom stereocenters. The average Bonchev–Trinajstić information content (AvgIpc) is 2.86. The Morgan fingerprint density at radius 1 is 1.24 bits per heavy atom. The van der Waals surface area contributed by atoms with Crippen LogP contribution < -0.4 is 5.32 Å². The van der Waals surface area contributed by atoms with E-state index >= 15 is 0 Å². The van der Waals surface area contributed by atoms with Gasteiger partial charge < -0.3 is 10.2 Å². The third kappa shape index (κ3) is 3.34. The van der Waals surface area contributed by atoms with Crippen molar-refractivity contribution in [1.82, 2.24) is 15.1 Å². The number of hydrogen-bond acceptors (Lipinski definition) is 3. The first-order valence-corrected chi connectivity index (χ1v) is 6.44. The van der Waals surface area contributed by atoms with Crippen LogP contribution >= 0.6 is 0 Å². The molecule has 0 unspecified atom stereocenters. The molecule has 2 aliphatic rings. The van der Waals surface area contributed by atoms with E-state index in [0.29, 0.717) is 6.54 Å². The number of nitrogens with one attached hydrogen (secondary N) is 1. The molecule has 94 valence electrons. The number of amides is 2. The van der Waals surface area contributed by atoms with Gasteiger partial charge in [0.2, 0.25) is 0 Å². The van der Waals surface area contributed by atoms with Crippen LogP contribution in [0.25, 0.3) is 0 Å². The summed E-state index contributed by atoms with van der Waals surface area (Å²) in [5.74, 6) is 0. The summed E-state index contributed by atoms with van der Waals surface area (Å²) in [7, 11) is 0. The van der Waals surface area contributed by atoms with Gasteiger partial charge in [0, 0.05) is 32.2 Å². The van der Waals surface area contributed by atoms with Crippen LogP contribution in [0.5, 0.6) is 0 Å². The third-order valence-electron chi connectivity index (χ3n) is 3.60. The van der Waals surface area contributed by atoms with Crippen molar-refractivity contribution in [2.24, 2.45) is 0 Å². The quantitative estimate of drug-likeness (QED) is 0.721. The smallest absolute Gasteiger partial charge is 0.317 e. The molecule has 2 heterocycles. The van der Waals surface area contributed by atoms with Crippen LogP contribution in [0, 0.1) is 11.3 Å². The van der Waals surface area contributed by atoms with Gasteiger partial charge in [-0.1, -0.05) is 0 Å². The van der Waals surface area contributed by atoms with Gasteiger partial charge in [-0.05, 0) is 25.7 Å². The Labute approximate surface area is 102 Å². The predicted octanol–water partition coefficient (Wildman–Crippen LogP) is 0.780. The minimum absolute atomic E-state index is 0.0984. The van der Waals surface area contributed by atoms with Crippen LogP contribution in [-0.2, 0) is 0 Å². The minimum atomic E-state index is 0.0984. The summed E-state index contributed by atoms with van der Waals surface area (Å²) in [5.41, 5.74) is 0. The van der Waals surface area contributed by atoms with Crippen molar-refractivity contribution in [1.29, 1.82) is 5.26 Å². The van der Waals surface area contributed by atoms with Crippen molar-refractivity contribution in [2.75, 3.05) is 32.7 Å². The van der Waals surface area contributed by atoms with E-state index in [4.69, 9.17) is 5.26 Å². The minimum Gasteiger partial charge on any atom is -0.335 e. The zero-order chi connectivity index (χ0) is 12.1. The Morgan fingerprint density at radius 2 is 1.88 bits per heavy atom. The number of rotatable bonds is 2. The van der Waals surface area contributed by atoms with Crippen molar-refractivity contribution >= 4 is 6.03 Å². The molecule has 0 bridgehead atoms. The van der Waals surface area contributed by atoms with E-state index in [1.165, 1.54) is 0 Å². The highest BCUT2D eigenvalue weighted by molar-refractivity contribution is 5.74. The molecular weight excluding hydrogens is 216 g/mol. The Morgan fingerprint density at radius 3 is 2.47 bits per heavy atom. The lowest BCUT2D eigenvalue weighted by Crippen LogP contribution is -2.48. The molecule has 2 fully saturated rings. The Balaban J connectivity index is 1.70. The zero-order valence-electron chi connectivity index (χ0n) is 10.2. The van der Waals surface area contributed by atoms with Crippen molar-refractivity contribution < 1.29 is 4.79 Å². The van der Waals surface area contributed by atoms with Crippen LogP contribution in [0.2, 0.25) is 0 Å². The van der Waals surface area contributed by atoms with E-state index in [-0.39, 0.29) is 12.1 Å². The molecular formula is C12H20N4O. The van der Waals surface area contributed by atoms with Gasteiger partial charge in [0.15, 0.2) is 0 Å². The molecule has 2 aliphatic heterocycles.